The van der Waals surface area contributed by atoms with Crippen LogP contribution >= 0.6 is 0 Å². The molecule has 0 atom stereocenters. The number of pyridine rings is 1. The fourth-order valence-electron chi connectivity index (χ4n) is 3.10. The second kappa shape index (κ2) is 6.02. The van der Waals surface area contributed by atoms with Crippen LogP contribution in [0, 0.1) is 5.92 Å². The van der Waals surface area contributed by atoms with Crippen molar-refractivity contribution in [2.45, 2.75) is 39.2 Å². The van der Waals surface area contributed by atoms with Crippen molar-refractivity contribution >= 4 is 5.65 Å². The molecule has 1 fully saturated rings. The third-order valence-electron chi connectivity index (χ3n) is 4.44. The molecule has 0 aliphatic carbocycles. The SMILES string of the molecule is COc1cccn2nc(CC3CCN(C(C)C)CC3)nc12. The molecule has 5 heteroatoms. The summed E-state index contributed by atoms with van der Waals surface area (Å²) in [6.45, 7) is 6.94. The van der Waals surface area contributed by atoms with E-state index < -0.39 is 0 Å². The predicted molar refractivity (Wildman–Crippen MR) is 82.7 cm³/mol. The van der Waals surface area contributed by atoms with Gasteiger partial charge in [0.25, 0.3) is 0 Å². The zero-order chi connectivity index (χ0) is 14.8. The first-order valence-corrected chi connectivity index (χ1v) is 7.79. The first-order chi connectivity index (χ1) is 10.2. The predicted octanol–water partition coefficient (Wildman–Crippen LogP) is 2.40. The van der Waals surface area contributed by atoms with Gasteiger partial charge in [-0.3, -0.25) is 0 Å². The summed E-state index contributed by atoms with van der Waals surface area (Å²) < 4.78 is 7.16. The number of rotatable bonds is 4. The van der Waals surface area contributed by atoms with Crippen molar-refractivity contribution in [3.63, 3.8) is 0 Å². The van der Waals surface area contributed by atoms with Gasteiger partial charge in [0.2, 0.25) is 0 Å². The molecular weight excluding hydrogens is 264 g/mol. The minimum Gasteiger partial charge on any atom is -0.493 e. The molecule has 0 N–H and O–H groups in total. The van der Waals surface area contributed by atoms with E-state index >= 15 is 0 Å². The lowest BCUT2D eigenvalue weighted by Gasteiger charge is -2.34. The van der Waals surface area contributed by atoms with E-state index in [0.717, 1.165) is 23.6 Å². The molecule has 2 aromatic heterocycles. The largest absolute Gasteiger partial charge is 0.493 e. The molecule has 21 heavy (non-hydrogen) atoms. The smallest absolute Gasteiger partial charge is 0.198 e. The van der Waals surface area contributed by atoms with Gasteiger partial charge in [-0.1, -0.05) is 0 Å². The zero-order valence-corrected chi connectivity index (χ0v) is 13.1. The molecule has 0 saturated carbocycles. The summed E-state index contributed by atoms with van der Waals surface area (Å²) in [7, 11) is 1.67. The van der Waals surface area contributed by atoms with Gasteiger partial charge in [0.05, 0.1) is 7.11 Å². The van der Waals surface area contributed by atoms with Crippen LogP contribution in [0.5, 0.6) is 5.75 Å². The van der Waals surface area contributed by atoms with Crippen LogP contribution in [0.4, 0.5) is 0 Å². The quantitative estimate of drug-likeness (QED) is 0.866. The summed E-state index contributed by atoms with van der Waals surface area (Å²) >= 11 is 0. The number of ether oxygens (including phenoxy) is 1. The van der Waals surface area contributed by atoms with Crippen LogP contribution in [0.1, 0.15) is 32.5 Å². The Hall–Kier alpha value is -1.62. The number of piperidine rings is 1. The second-order valence-electron chi connectivity index (χ2n) is 6.15. The summed E-state index contributed by atoms with van der Waals surface area (Å²) in [4.78, 5) is 7.20. The van der Waals surface area contributed by atoms with Crippen LogP contribution in [-0.4, -0.2) is 45.7 Å². The Balaban J connectivity index is 1.69. The molecule has 0 bridgehead atoms. The molecule has 0 amide bonds. The number of nitrogens with zero attached hydrogens (tertiary/aromatic N) is 4. The summed E-state index contributed by atoms with van der Waals surface area (Å²) in [6.07, 6.45) is 5.38. The lowest BCUT2D eigenvalue weighted by Crippen LogP contribution is -2.38. The van der Waals surface area contributed by atoms with Crippen molar-refractivity contribution in [3.8, 4) is 5.75 Å². The van der Waals surface area contributed by atoms with E-state index in [4.69, 9.17) is 4.74 Å². The molecule has 3 heterocycles. The van der Waals surface area contributed by atoms with E-state index in [1.165, 1.54) is 25.9 Å². The van der Waals surface area contributed by atoms with Gasteiger partial charge in [-0.2, -0.15) is 5.10 Å². The Kier molecular flexibility index (Phi) is 4.10. The van der Waals surface area contributed by atoms with Gasteiger partial charge in [-0.05, 0) is 57.8 Å². The van der Waals surface area contributed by atoms with E-state index in [9.17, 15) is 0 Å². The summed E-state index contributed by atoms with van der Waals surface area (Å²) in [5.41, 5.74) is 0.814. The highest BCUT2D eigenvalue weighted by Gasteiger charge is 2.22. The minimum atomic E-state index is 0.656. The maximum atomic E-state index is 5.34. The van der Waals surface area contributed by atoms with Crippen molar-refractivity contribution in [1.29, 1.82) is 0 Å². The van der Waals surface area contributed by atoms with Gasteiger partial charge in [-0.15, -0.1) is 0 Å². The Morgan fingerprint density at radius 1 is 1.33 bits per heavy atom. The van der Waals surface area contributed by atoms with Crippen molar-refractivity contribution in [3.05, 3.63) is 24.2 Å². The highest BCUT2D eigenvalue weighted by atomic mass is 16.5. The van der Waals surface area contributed by atoms with Crippen LogP contribution < -0.4 is 4.74 Å². The monoisotopic (exact) mass is 288 g/mol. The van der Waals surface area contributed by atoms with E-state index in [2.05, 4.69) is 28.8 Å². The summed E-state index contributed by atoms with van der Waals surface area (Å²) in [5.74, 6) is 2.41. The lowest BCUT2D eigenvalue weighted by molar-refractivity contribution is 0.148. The topological polar surface area (TPSA) is 42.7 Å². The maximum absolute atomic E-state index is 5.34. The molecule has 1 aliphatic heterocycles. The number of methoxy groups -OCH3 is 1. The van der Waals surface area contributed by atoms with Crippen molar-refractivity contribution in [1.82, 2.24) is 19.5 Å². The van der Waals surface area contributed by atoms with E-state index in [-0.39, 0.29) is 0 Å². The Bertz CT molecular complexity index is 599. The molecule has 0 unspecified atom stereocenters. The van der Waals surface area contributed by atoms with Gasteiger partial charge in [0, 0.05) is 18.7 Å². The molecule has 0 radical (unpaired) electrons. The van der Waals surface area contributed by atoms with Gasteiger partial charge in [0.1, 0.15) is 0 Å². The highest BCUT2D eigenvalue weighted by molar-refractivity contribution is 5.52. The van der Waals surface area contributed by atoms with Crippen LogP contribution in [0.15, 0.2) is 18.3 Å². The first-order valence-electron chi connectivity index (χ1n) is 7.79. The molecule has 1 saturated heterocycles. The van der Waals surface area contributed by atoms with E-state index in [1.54, 1.807) is 7.11 Å². The normalized spacial score (nSPS) is 17.7. The first kappa shape index (κ1) is 14.3. The zero-order valence-electron chi connectivity index (χ0n) is 13.1. The average Bonchev–Trinajstić information content (AvgIpc) is 2.90. The fourth-order valence-corrected chi connectivity index (χ4v) is 3.10. The Labute approximate surface area is 125 Å². The van der Waals surface area contributed by atoms with Crippen LogP contribution in [0.3, 0.4) is 0 Å². The summed E-state index contributed by atoms with van der Waals surface area (Å²) in [6, 6.07) is 4.52. The molecule has 1 aliphatic rings. The maximum Gasteiger partial charge on any atom is 0.198 e. The van der Waals surface area contributed by atoms with E-state index in [1.807, 2.05) is 22.8 Å². The molecule has 0 aromatic carbocycles. The number of fused-ring (bicyclic) bond motifs is 1. The van der Waals surface area contributed by atoms with Crippen molar-refractivity contribution in [2.75, 3.05) is 20.2 Å². The number of hydrogen-bond donors (Lipinski definition) is 0. The molecule has 5 nitrogen and oxygen atoms in total. The second-order valence-corrected chi connectivity index (χ2v) is 6.15. The van der Waals surface area contributed by atoms with Gasteiger partial charge in [0.15, 0.2) is 17.2 Å². The summed E-state index contributed by atoms with van der Waals surface area (Å²) in [5, 5.41) is 4.58. The van der Waals surface area contributed by atoms with Crippen molar-refractivity contribution < 1.29 is 4.74 Å². The lowest BCUT2D eigenvalue weighted by atomic mass is 9.93. The average molecular weight is 288 g/mol. The minimum absolute atomic E-state index is 0.656. The van der Waals surface area contributed by atoms with Crippen LogP contribution in [-0.2, 0) is 6.42 Å². The third kappa shape index (κ3) is 3.02. The fraction of sp³-hybridized carbons (Fsp3) is 0.625. The van der Waals surface area contributed by atoms with Gasteiger partial charge in [-0.25, -0.2) is 9.50 Å². The van der Waals surface area contributed by atoms with E-state index in [0.29, 0.717) is 12.0 Å². The Morgan fingerprint density at radius 2 is 2.10 bits per heavy atom. The standard InChI is InChI=1S/C16H24N4O/c1-12(2)19-9-6-13(7-10-19)11-15-17-16-14(21-3)5-4-8-20(16)18-15/h4-5,8,12-13H,6-7,9-11H2,1-3H3. The molecule has 3 rings (SSSR count). The third-order valence-corrected chi connectivity index (χ3v) is 4.44. The van der Waals surface area contributed by atoms with Crippen molar-refractivity contribution in [2.24, 2.45) is 5.92 Å². The van der Waals surface area contributed by atoms with Crippen LogP contribution in [0.2, 0.25) is 0 Å². The molecule has 114 valence electrons. The molecule has 2 aromatic rings. The van der Waals surface area contributed by atoms with Gasteiger partial charge >= 0.3 is 0 Å². The Morgan fingerprint density at radius 3 is 2.76 bits per heavy atom. The number of aromatic nitrogens is 3. The number of hydrogen-bond acceptors (Lipinski definition) is 4. The highest BCUT2D eigenvalue weighted by Crippen LogP contribution is 2.23. The molecular formula is C16H24N4O. The van der Waals surface area contributed by atoms with Gasteiger partial charge < -0.3 is 9.64 Å². The van der Waals surface area contributed by atoms with Crippen LogP contribution in [0.25, 0.3) is 5.65 Å². The molecule has 0 spiro atoms. The number of likely N-dealkylation sites (tertiary alicyclic amines) is 1.